The van der Waals surface area contributed by atoms with Crippen molar-refractivity contribution in [2.24, 2.45) is 5.73 Å². The smallest absolute Gasteiger partial charge is 0.255 e. The minimum Gasteiger partial charge on any atom is -0.493 e. The highest BCUT2D eigenvalue weighted by molar-refractivity contribution is 6.04. The molecule has 2 rings (SSSR count). The number of anilines is 1. The number of rotatable bonds is 10. The number of carbonyl (C=O) groups excluding carboxylic acids is 2. The van der Waals surface area contributed by atoms with Gasteiger partial charge in [0.15, 0.2) is 18.1 Å². The van der Waals surface area contributed by atoms with E-state index >= 15 is 0 Å². The van der Waals surface area contributed by atoms with Crippen LogP contribution in [-0.4, -0.2) is 45.9 Å². The number of ether oxygens (including phenoxy) is 4. The number of methoxy groups -OCH3 is 2. The Morgan fingerprint density at radius 3 is 2.33 bits per heavy atom. The summed E-state index contributed by atoms with van der Waals surface area (Å²) in [5.74, 6) is 0.412. The SMILES string of the molecule is COCCOc1ccc(NC(=O)c2ccc(OCC(N)=O)c(OC)c2)cc1. The summed E-state index contributed by atoms with van der Waals surface area (Å²) in [5.41, 5.74) is 6.05. The van der Waals surface area contributed by atoms with Gasteiger partial charge in [0.2, 0.25) is 0 Å². The van der Waals surface area contributed by atoms with Crippen LogP contribution in [0.25, 0.3) is 0 Å². The molecule has 0 fully saturated rings. The number of nitrogens with two attached hydrogens (primary N) is 1. The van der Waals surface area contributed by atoms with Gasteiger partial charge < -0.3 is 30.0 Å². The monoisotopic (exact) mass is 374 g/mol. The van der Waals surface area contributed by atoms with Crippen LogP contribution in [0.1, 0.15) is 10.4 Å². The maximum Gasteiger partial charge on any atom is 0.255 e. The summed E-state index contributed by atoms with van der Waals surface area (Å²) in [6.07, 6.45) is 0. The molecule has 8 nitrogen and oxygen atoms in total. The van der Waals surface area contributed by atoms with Crippen molar-refractivity contribution in [3.63, 3.8) is 0 Å². The van der Waals surface area contributed by atoms with E-state index in [0.717, 1.165) is 0 Å². The average molecular weight is 374 g/mol. The van der Waals surface area contributed by atoms with Crippen molar-refractivity contribution in [1.82, 2.24) is 0 Å². The lowest BCUT2D eigenvalue weighted by Gasteiger charge is -2.12. The summed E-state index contributed by atoms with van der Waals surface area (Å²) in [4.78, 5) is 23.3. The maximum absolute atomic E-state index is 12.4. The number of nitrogens with one attached hydrogen (secondary N) is 1. The number of benzene rings is 2. The number of hydrogen-bond acceptors (Lipinski definition) is 6. The molecule has 0 radical (unpaired) electrons. The molecule has 3 N–H and O–H groups in total. The highest BCUT2D eigenvalue weighted by Gasteiger charge is 2.12. The molecule has 0 unspecified atom stereocenters. The molecule has 2 aromatic carbocycles. The molecular weight excluding hydrogens is 352 g/mol. The molecule has 0 aliphatic heterocycles. The van der Waals surface area contributed by atoms with E-state index in [0.29, 0.717) is 41.7 Å². The summed E-state index contributed by atoms with van der Waals surface area (Å²) >= 11 is 0. The van der Waals surface area contributed by atoms with Crippen LogP contribution in [0.2, 0.25) is 0 Å². The fraction of sp³-hybridized carbons (Fsp3) is 0.263. The van der Waals surface area contributed by atoms with Crippen molar-refractivity contribution in [3.8, 4) is 17.2 Å². The second-order valence-electron chi connectivity index (χ2n) is 5.44. The molecule has 0 aliphatic carbocycles. The van der Waals surface area contributed by atoms with E-state index in [1.165, 1.54) is 13.2 Å². The second-order valence-corrected chi connectivity index (χ2v) is 5.44. The summed E-state index contributed by atoms with van der Waals surface area (Å²) in [7, 11) is 3.05. The normalized spacial score (nSPS) is 10.1. The topological polar surface area (TPSA) is 109 Å². The summed E-state index contributed by atoms with van der Waals surface area (Å²) in [5, 5.41) is 2.78. The van der Waals surface area contributed by atoms with Gasteiger partial charge in [0.25, 0.3) is 11.8 Å². The Kier molecular flexibility index (Phi) is 7.45. The minimum atomic E-state index is -0.603. The van der Waals surface area contributed by atoms with Crippen LogP contribution in [0.4, 0.5) is 5.69 Å². The second kappa shape index (κ2) is 10.0. The van der Waals surface area contributed by atoms with Crippen molar-refractivity contribution < 1.29 is 28.5 Å². The highest BCUT2D eigenvalue weighted by Crippen LogP contribution is 2.28. The third-order valence-electron chi connectivity index (χ3n) is 3.46. The van der Waals surface area contributed by atoms with Crippen LogP contribution in [-0.2, 0) is 9.53 Å². The molecule has 0 spiro atoms. The van der Waals surface area contributed by atoms with Gasteiger partial charge in [-0.05, 0) is 42.5 Å². The maximum atomic E-state index is 12.4. The van der Waals surface area contributed by atoms with E-state index in [1.807, 2.05) is 0 Å². The van der Waals surface area contributed by atoms with Gasteiger partial charge in [0, 0.05) is 18.4 Å². The van der Waals surface area contributed by atoms with Crippen LogP contribution >= 0.6 is 0 Å². The molecule has 0 saturated heterocycles. The first-order valence-corrected chi connectivity index (χ1v) is 8.15. The van der Waals surface area contributed by atoms with Crippen molar-refractivity contribution in [1.29, 1.82) is 0 Å². The minimum absolute atomic E-state index is 0.277. The molecule has 0 heterocycles. The van der Waals surface area contributed by atoms with Gasteiger partial charge in [-0.1, -0.05) is 0 Å². The van der Waals surface area contributed by atoms with E-state index in [4.69, 9.17) is 24.7 Å². The number of amides is 2. The third kappa shape index (κ3) is 6.19. The van der Waals surface area contributed by atoms with Gasteiger partial charge in [-0.2, -0.15) is 0 Å². The van der Waals surface area contributed by atoms with Crippen molar-refractivity contribution in [2.75, 3.05) is 39.4 Å². The molecule has 0 atom stereocenters. The van der Waals surface area contributed by atoms with Crippen LogP contribution in [0.3, 0.4) is 0 Å². The Bertz CT molecular complexity index is 776. The molecule has 8 heteroatoms. The summed E-state index contributed by atoms with van der Waals surface area (Å²) in [6.45, 7) is 0.673. The third-order valence-corrected chi connectivity index (χ3v) is 3.46. The molecule has 0 aromatic heterocycles. The molecular formula is C19H22N2O6. The lowest BCUT2D eigenvalue weighted by Crippen LogP contribution is -2.20. The van der Waals surface area contributed by atoms with Crippen molar-refractivity contribution >= 4 is 17.5 Å². The Morgan fingerprint density at radius 2 is 1.70 bits per heavy atom. The Labute approximate surface area is 157 Å². The van der Waals surface area contributed by atoms with Crippen molar-refractivity contribution in [2.45, 2.75) is 0 Å². The van der Waals surface area contributed by atoms with E-state index in [1.54, 1.807) is 43.5 Å². The Balaban J connectivity index is 2.01. The average Bonchev–Trinajstić information content (AvgIpc) is 2.67. The van der Waals surface area contributed by atoms with E-state index < -0.39 is 5.91 Å². The van der Waals surface area contributed by atoms with Crippen LogP contribution in [0, 0.1) is 0 Å². The van der Waals surface area contributed by atoms with Crippen molar-refractivity contribution in [3.05, 3.63) is 48.0 Å². The van der Waals surface area contributed by atoms with E-state index in [2.05, 4.69) is 5.32 Å². The van der Waals surface area contributed by atoms with Crippen LogP contribution < -0.4 is 25.3 Å². The molecule has 0 bridgehead atoms. The lowest BCUT2D eigenvalue weighted by atomic mass is 10.2. The highest BCUT2D eigenvalue weighted by atomic mass is 16.5. The zero-order chi connectivity index (χ0) is 19.6. The predicted molar refractivity (Wildman–Crippen MR) is 99.4 cm³/mol. The van der Waals surface area contributed by atoms with Gasteiger partial charge >= 0.3 is 0 Å². The Hall–Kier alpha value is -3.26. The molecule has 27 heavy (non-hydrogen) atoms. The quantitative estimate of drug-likeness (QED) is 0.614. The largest absolute Gasteiger partial charge is 0.493 e. The zero-order valence-electron chi connectivity index (χ0n) is 15.2. The van der Waals surface area contributed by atoms with Gasteiger partial charge in [0.05, 0.1) is 13.7 Å². The van der Waals surface area contributed by atoms with Gasteiger partial charge in [-0.15, -0.1) is 0 Å². The summed E-state index contributed by atoms with van der Waals surface area (Å²) < 4.78 is 20.8. The first-order valence-electron chi connectivity index (χ1n) is 8.15. The van der Waals surface area contributed by atoms with E-state index in [9.17, 15) is 9.59 Å². The fourth-order valence-electron chi connectivity index (χ4n) is 2.16. The molecule has 0 aliphatic rings. The molecule has 0 saturated carbocycles. The lowest BCUT2D eigenvalue weighted by molar-refractivity contribution is -0.119. The predicted octanol–water partition coefficient (Wildman–Crippen LogP) is 1.84. The van der Waals surface area contributed by atoms with Crippen LogP contribution in [0.15, 0.2) is 42.5 Å². The van der Waals surface area contributed by atoms with Crippen LogP contribution in [0.5, 0.6) is 17.2 Å². The standard InChI is InChI=1S/C19H22N2O6/c1-24-9-10-26-15-6-4-14(5-7-15)21-19(23)13-3-8-16(17(11-13)25-2)27-12-18(20)22/h3-8,11H,9-10,12H2,1-2H3,(H2,20,22)(H,21,23). The fourth-order valence-corrected chi connectivity index (χ4v) is 2.16. The van der Waals surface area contributed by atoms with E-state index in [-0.39, 0.29) is 12.5 Å². The van der Waals surface area contributed by atoms with Gasteiger partial charge in [0.1, 0.15) is 12.4 Å². The number of primary amides is 1. The first kappa shape index (κ1) is 20.1. The van der Waals surface area contributed by atoms with Gasteiger partial charge in [-0.3, -0.25) is 9.59 Å². The zero-order valence-corrected chi connectivity index (χ0v) is 15.2. The van der Waals surface area contributed by atoms with Gasteiger partial charge in [-0.25, -0.2) is 0 Å². The first-order chi connectivity index (χ1) is 13.0. The Morgan fingerprint density at radius 1 is 0.963 bits per heavy atom. The number of carbonyl (C=O) groups is 2. The molecule has 144 valence electrons. The molecule has 2 aromatic rings. The summed E-state index contributed by atoms with van der Waals surface area (Å²) in [6, 6.07) is 11.6. The molecule has 2 amide bonds. The number of hydrogen-bond donors (Lipinski definition) is 2.